The lowest BCUT2D eigenvalue weighted by molar-refractivity contribution is 0.0361. The summed E-state index contributed by atoms with van der Waals surface area (Å²) in [4.78, 5) is 13.1. The fourth-order valence-electron chi connectivity index (χ4n) is 4.89. The molecule has 3 saturated heterocycles. The summed E-state index contributed by atoms with van der Waals surface area (Å²) in [5.74, 6) is 0.835. The summed E-state index contributed by atoms with van der Waals surface area (Å²) in [6.07, 6.45) is 7.31. The SMILES string of the molecule is [C-]#[N+]C(C#N)=C(N(C)CCCN1CCOCC1)N1CCC(N2CCCCC2)CC1. The largest absolute Gasteiger partial charge is 0.379 e. The van der Waals surface area contributed by atoms with Gasteiger partial charge in [-0.15, -0.1) is 0 Å². The predicted molar refractivity (Wildman–Crippen MR) is 114 cm³/mol. The molecule has 0 spiro atoms. The van der Waals surface area contributed by atoms with Gasteiger partial charge in [0.25, 0.3) is 0 Å². The van der Waals surface area contributed by atoms with Crippen LogP contribution in [0.15, 0.2) is 11.5 Å². The number of morpholine rings is 1. The number of nitrogens with zero attached hydrogens (tertiary/aromatic N) is 6. The van der Waals surface area contributed by atoms with Gasteiger partial charge >= 0.3 is 5.70 Å². The van der Waals surface area contributed by atoms with E-state index in [0.29, 0.717) is 6.04 Å². The second-order valence-corrected chi connectivity index (χ2v) is 8.44. The number of hydrogen-bond acceptors (Lipinski definition) is 6. The first-order valence-corrected chi connectivity index (χ1v) is 11.2. The normalized spacial score (nSPS) is 23.2. The van der Waals surface area contributed by atoms with Crippen molar-refractivity contribution in [2.45, 2.75) is 44.6 Å². The van der Waals surface area contributed by atoms with Gasteiger partial charge in [-0.1, -0.05) is 6.42 Å². The number of nitriles is 1. The van der Waals surface area contributed by atoms with Gasteiger partial charge in [0.05, 0.1) is 25.9 Å². The van der Waals surface area contributed by atoms with E-state index in [4.69, 9.17) is 11.3 Å². The second kappa shape index (κ2) is 11.4. The van der Waals surface area contributed by atoms with Crippen molar-refractivity contribution in [2.75, 3.05) is 72.6 Å². The zero-order valence-corrected chi connectivity index (χ0v) is 18.0. The third-order valence-corrected chi connectivity index (χ3v) is 6.53. The Morgan fingerprint density at radius 2 is 1.79 bits per heavy atom. The summed E-state index contributed by atoms with van der Waals surface area (Å²) in [7, 11) is 2.04. The first-order valence-electron chi connectivity index (χ1n) is 11.2. The molecule has 7 heteroatoms. The molecule has 0 radical (unpaired) electrons. The van der Waals surface area contributed by atoms with Gasteiger partial charge in [-0.2, -0.15) is 0 Å². The summed E-state index contributed by atoms with van der Waals surface area (Å²) in [6, 6.07) is 2.81. The number of ether oxygens (including phenoxy) is 1. The average molecular weight is 401 g/mol. The van der Waals surface area contributed by atoms with Crippen molar-refractivity contribution in [1.29, 1.82) is 5.26 Å². The highest BCUT2D eigenvalue weighted by Gasteiger charge is 2.28. The van der Waals surface area contributed by atoms with Crippen molar-refractivity contribution < 1.29 is 4.74 Å². The van der Waals surface area contributed by atoms with Gasteiger partial charge in [-0.05, 0) is 45.2 Å². The van der Waals surface area contributed by atoms with Crippen LogP contribution in [0, 0.1) is 17.9 Å². The molecule has 0 N–H and O–H groups in total. The maximum absolute atomic E-state index is 9.56. The van der Waals surface area contributed by atoms with Crippen LogP contribution in [0.4, 0.5) is 0 Å². The monoisotopic (exact) mass is 400 g/mol. The third-order valence-electron chi connectivity index (χ3n) is 6.53. The molecule has 7 nitrogen and oxygen atoms in total. The fraction of sp³-hybridized carbons (Fsp3) is 0.818. The Hall–Kier alpha value is -1.80. The maximum atomic E-state index is 9.56. The van der Waals surface area contributed by atoms with Crippen LogP contribution in [0.1, 0.15) is 38.5 Å². The highest BCUT2D eigenvalue weighted by atomic mass is 16.5. The molecule has 0 aromatic heterocycles. The topological polar surface area (TPSA) is 50.3 Å². The lowest BCUT2D eigenvalue weighted by atomic mass is 10.00. The van der Waals surface area contributed by atoms with Crippen molar-refractivity contribution in [3.05, 3.63) is 22.9 Å². The summed E-state index contributed by atoms with van der Waals surface area (Å²) >= 11 is 0. The van der Waals surface area contributed by atoms with E-state index in [1.165, 1.54) is 32.4 Å². The van der Waals surface area contributed by atoms with Gasteiger partial charge in [0, 0.05) is 52.4 Å². The third kappa shape index (κ3) is 6.09. The quantitative estimate of drug-likeness (QED) is 0.482. The smallest absolute Gasteiger partial charge is 0.300 e. The predicted octanol–water partition coefficient (Wildman–Crippen LogP) is 2.20. The lowest BCUT2D eigenvalue weighted by Gasteiger charge is -2.43. The first kappa shape index (κ1) is 21.9. The number of allylic oxidation sites excluding steroid dienone is 1. The molecule has 160 valence electrons. The average Bonchev–Trinajstić information content (AvgIpc) is 2.79. The Bertz CT molecular complexity index is 600. The molecule has 3 heterocycles. The molecule has 0 aliphatic carbocycles. The second-order valence-electron chi connectivity index (χ2n) is 8.44. The van der Waals surface area contributed by atoms with Crippen LogP contribution in [-0.4, -0.2) is 98.3 Å². The van der Waals surface area contributed by atoms with Gasteiger partial charge in [-0.3, -0.25) is 4.90 Å². The van der Waals surface area contributed by atoms with Gasteiger partial charge < -0.3 is 19.4 Å². The summed E-state index contributed by atoms with van der Waals surface area (Å²) in [5.41, 5.74) is 0.232. The Morgan fingerprint density at radius 1 is 1.10 bits per heavy atom. The molecule has 0 amide bonds. The Balaban J connectivity index is 1.55. The standard InChI is InChI=1S/C22H36N6O/c1-24-21(19-23)22(25(2)9-6-10-26-15-17-29-18-16-26)28-13-7-20(8-14-28)27-11-4-3-5-12-27/h20H,3-18H2,2H3. The molecule has 0 saturated carbocycles. The van der Waals surface area contributed by atoms with Crippen LogP contribution < -0.4 is 0 Å². The fourth-order valence-corrected chi connectivity index (χ4v) is 4.89. The van der Waals surface area contributed by atoms with E-state index in [-0.39, 0.29) is 5.70 Å². The number of likely N-dealkylation sites (tertiary alicyclic amines) is 2. The van der Waals surface area contributed by atoms with Crippen molar-refractivity contribution in [3.63, 3.8) is 0 Å². The van der Waals surface area contributed by atoms with Gasteiger partial charge in [0.1, 0.15) is 5.82 Å². The molecular weight excluding hydrogens is 364 g/mol. The summed E-state index contributed by atoms with van der Waals surface area (Å²) < 4.78 is 5.42. The minimum Gasteiger partial charge on any atom is -0.379 e. The van der Waals surface area contributed by atoms with E-state index in [1.54, 1.807) is 0 Å². The van der Waals surface area contributed by atoms with E-state index in [0.717, 1.165) is 77.6 Å². The van der Waals surface area contributed by atoms with Gasteiger partial charge in [0.15, 0.2) is 0 Å². The van der Waals surface area contributed by atoms with Crippen LogP contribution in [0.25, 0.3) is 4.85 Å². The molecule has 3 fully saturated rings. The molecule has 0 bridgehead atoms. The van der Waals surface area contributed by atoms with Crippen LogP contribution in [0.3, 0.4) is 0 Å². The van der Waals surface area contributed by atoms with Crippen LogP contribution >= 0.6 is 0 Å². The van der Waals surface area contributed by atoms with Crippen molar-refractivity contribution in [2.24, 2.45) is 0 Å². The minimum absolute atomic E-state index is 0.232. The molecule has 0 aromatic carbocycles. The minimum atomic E-state index is 0.232. The number of rotatable bonds is 7. The molecule has 0 aromatic rings. The highest BCUT2D eigenvalue weighted by Crippen LogP contribution is 2.25. The Kier molecular flexibility index (Phi) is 8.61. The van der Waals surface area contributed by atoms with Crippen molar-refractivity contribution in [1.82, 2.24) is 19.6 Å². The van der Waals surface area contributed by atoms with Crippen LogP contribution in [0.5, 0.6) is 0 Å². The number of hydrogen-bond donors (Lipinski definition) is 0. The Morgan fingerprint density at radius 3 is 2.41 bits per heavy atom. The zero-order valence-electron chi connectivity index (χ0n) is 18.0. The Labute approximate surface area is 176 Å². The summed E-state index contributed by atoms with van der Waals surface area (Å²) in [6.45, 7) is 17.4. The van der Waals surface area contributed by atoms with Crippen molar-refractivity contribution in [3.8, 4) is 6.07 Å². The molecule has 0 atom stereocenters. The van der Waals surface area contributed by atoms with E-state index < -0.39 is 0 Å². The van der Waals surface area contributed by atoms with Crippen LogP contribution in [0.2, 0.25) is 0 Å². The molecule has 3 rings (SSSR count). The molecule has 0 unspecified atom stereocenters. The number of piperidine rings is 2. The van der Waals surface area contributed by atoms with Crippen molar-refractivity contribution >= 4 is 0 Å². The molecular formula is C22H36N6O. The first-order chi connectivity index (χ1) is 14.2. The molecule has 3 aliphatic heterocycles. The van der Waals surface area contributed by atoms with Crippen LogP contribution in [-0.2, 0) is 4.74 Å². The summed E-state index contributed by atoms with van der Waals surface area (Å²) in [5, 5.41) is 9.56. The van der Waals surface area contributed by atoms with E-state index in [1.807, 2.05) is 7.05 Å². The lowest BCUT2D eigenvalue weighted by Crippen LogP contribution is -2.48. The van der Waals surface area contributed by atoms with Gasteiger partial charge in [0.2, 0.25) is 0 Å². The molecule has 3 aliphatic rings. The van der Waals surface area contributed by atoms with E-state index in [2.05, 4.69) is 30.5 Å². The van der Waals surface area contributed by atoms with Gasteiger partial charge in [-0.25, -0.2) is 10.1 Å². The maximum Gasteiger partial charge on any atom is 0.300 e. The van der Waals surface area contributed by atoms with E-state index >= 15 is 0 Å². The van der Waals surface area contributed by atoms with E-state index in [9.17, 15) is 5.26 Å². The molecule has 29 heavy (non-hydrogen) atoms. The highest BCUT2D eigenvalue weighted by molar-refractivity contribution is 5.32. The zero-order chi connectivity index (χ0) is 20.5.